The van der Waals surface area contributed by atoms with E-state index in [1.54, 1.807) is 13.8 Å². The molecule has 0 saturated carbocycles. The van der Waals surface area contributed by atoms with Gasteiger partial charge in [0.05, 0.1) is 11.2 Å². The van der Waals surface area contributed by atoms with Gasteiger partial charge in [-0.1, -0.05) is 11.8 Å². The van der Waals surface area contributed by atoms with Crippen LogP contribution in [0.2, 0.25) is 0 Å². The van der Waals surface area contributed by atoms with E-state index in [-0.39, 0.29) is 23.7 Å². The number of aliphatic hydroxyl groups is 3. The van der Waals surface area contributed by atoms with E-state index in [4.69, 9.17) is 10.5 Å². The summed E-state index contributed by atoms with van der Waals surface area (Å²) < 4.78 is 7.25. The molecule has 0 aromatic carbocycles. The Balaban J connectivity index is 1.40. The number of hydrogen-bond acceptors (Lipinski definition) is 10. The van der Waals surface area contributed by atoms with Gasteiger partial charge in [0, 0.05) is 18.0 Å². The van der Waals surface area contributed by atoms with Crippen molar-refractivity contribution in [3.8, 4) is 11.8 Å². The minimum atomic E-state index is -1.24. The zero-order valence-electron chi connectivity index (χ0n) is 17.4. The van der Waals surface area contributed by atoms with E-state index in [1.807, 2.05) is 12.1 Å². The lowest BCUT2D eigenvalue weighted by Crippen LogP contribution is -2.37. The Kier molecular flexibility index (Phi) is 6.04. The van der Waals surface area contributed by atoms with Crippen LogP contribution in [0.3, 0.4) is 0 Å². The van der Waals surface area contributed by atoms with Crippen LogP contribution in [0.25, 0.3) is 11.2 Å². The van der Waals surface area contributed by atoms with Gasteiger partial charge in [0.25, 0.3) is 5.56 Å². The molecule has 0 bridgehead atoms. The molecule has 0 amide bonds. The van der Waals surface area contributed by atoms with Crippen molar-refractivity contribution < 1.29 is 20.1 Å². The Morgan fingerprint density at radius 2 is 2.16 bits per heavy atom. The number of nitrogens with one attached hydrogen (secondary N) is 2. The van der Waals surface area contributed by atoms with Crippen molar-refractivity contribution in [1.29, 1.82) is 0 Å². The fourth-order valence-corrected chi connectivity index (χ4v) is 4.18. The number of nitrogens with zero attached hydrogens (tertiary/aromatic N) is 3. The van der Waals surface area contributed by atoms with Crippen LogP contribution in [0, 0.1) is 11.8 Å². The van der Waals surface area contributed by atoms with Gasteiger partial charge in [-0.05, 0) is 26.0 Å². The van der Waals surface area contributed by atoms with Gasteiger partial charge in [-0.2, -0.15) is 4.98 Å². The SMILES string of the molecule is CC(C)(O)C#Cc1ccc(CNC[C@H]2O[C@@H](n3cnc4c(=O)[nH]c(N)nc43)[C@H](O)[C@@H]2O)s1. The number of rotatable bonds is 5. The highest BCUT2D eigenvalue weighted by Crippen LogP contribution is 2.31. The fourth-order valence-electron chi connectivity index (χ4n) is 3.35. The number of aromatic amines is 1. The number of nitrogens with two attached hydrogens (primary N) is 1. The molecule has 3 aromatic rings. The standard InChI is InChI=1S/C20H24N6O5S/c1-20(2,30)6-5-10-3-4-11(32-10)7-22-8-12-14(27)15(28)18(31-12)26-9-23-13-16(26)24-19(21)25-17(13)29/h3-4,9,12,14-15,18,22,27-28,30H,7-8H2,1-2H3,(H3,21,24,25,29)/t12-,14-,15-,18-/m1/s1. The van der Waals surface area contributed by atoms with Crippen molar-refractivity contribution in [3.05, 3.63) is 38.6 Å². The number of ether oxygens (including phenoxy) is 1. The van der Waals surface area contributed by atoms with Crippen molar-refractivity contribution in [3.63, 3.8) is 0 Å². The Hall–Kier alpha value is -2.79. The van der Waals surface area contributed by atoms with Gasteiger partial charge in [-0.25, -0.2) is 4.98 Å². The quantitative estimate of drug-likeness (QED) is 0.269. The second-order valence-electron chi connectivity index (χ2n) is 8.03. The van der Waals surface area contributed by atoms with Crippen molar-refractivity contribution in [2.75, 3.05) is 12.3 Å². The number of fused-ring (bicyclic) bond motifs is 1. The summed E-state index contributed by atoms with van der Waals surface area (Å²) >= 11 is 1.50. The summed E-state index contributed by atoms with van der Waals surface area (Å²) in [6.07, 6.45) is -2.74. The van der Waals surface area contributed by atoms with Crippen LogP contribution in [-0.4, -0.2) is 65.3 Å². The summed E-state index contributed by atoms with van der Waals surface area (Å²) in [5.41, 5.74) is 4.29. The molecule has 1 aliphatic heterocycles. The maximum absolute atomic E-state index is 12.0. The predicted octanol–water partition coefficient (Wildman–Crippen LogP) is -0.705. The van der Waals surface area contributed by atoms with Crippen molar-refractivity contribution in [2.24, 2.45) is 0 Å². The molecular weight excluding hydrogens is 436 g/mol. The number of H-pyrrole nitrogens is 1. The number of aromatic nitrogens is 4. The summed E-state index contributed by atoms with van der Waals surface area (Å²) in [7, 11) is 0. The zero-order chi connectivity index (χ0) is 23.0. The van der Waals surface area contributed by atoms with Gasteiger partial charge in [0.15, 0.2) is 17.4 Å². The summed E-state index contributed by atoms with van der Waals surface area (Å²) in [4.78, 5) is 24.3. The third kappa shape index (κ3) is 4.68. The third-order valence-corrected chi connectivity index (χ3v) is 5.86. The molecule has 170 valence electrons. The molecule has 0 unspecified atom stereocenters. The molecule has 0 spiro atoms. The molecule has 7 N–H and O–H groups in total. The van der Waals surface area contributed by atoms with Crippen LogP contribution < -0.4 is 16.6 Å². The first-order valence-electron chi connectivity index (χ1n) is 9.91. The molecule has 0 aliphatic carbocycles. The maximum atomic E-state index is 12.0. The Bertz CT molecular complexity index is 1230. The van der Waals surface area contributed by atoms with E-state index < -0.39 is 35.7 Å². The van der Waals surface area contributed by atoms with E-state index in [2.05, 4.69) is 32.1 Å². The first-order chi connectivity index (χ1) is 15.1. The minimum Gasteiger partial charge on any atom is -0.387 e. The van der Waals surface area contributed by atoms with Crippen LogP contribution in [-0.2, 0) is 11.3 Å². The fraction of sp³-hybridized carbons (Fsp3) is 0.450. The lowest BCUT2D eigenvalue weighted by Gasteiger charge is -2.16. The number of nitrogen functional groups attached to an aromatic ring is 1. The highest BCUT2D eigenvalue weighted by atomic mass is 32.1. The predicted molar refractivity (Wildman–Crippen MR) is 118 cm³/mol. The average molecular weight is 461 g/mol. The second kappa shape index (κ2) is 8.62. The summed E-state index contributed by atoms with van der Waals surface area (Å²) in [6.45, 7) is 4.05. The van der Waals surface area contributed by atoms with Crippen LogP contribution in [0.15, 0.2) is 23.3 Å². The van der Waals surface area contributed by atoms with E-state index in [1.165, 1.54) is 22.2 Å². The number of anilines is 1. The first-order valence-corrected chi connectivity index (χ1v) is 10.7. The average Bonchev–Trinajstić information content (AvgIpc) is 3.40. The van der Waals surface area contributed by atoms with E-state index in [0.717, 1.165) is 9.75 Å². The molecular formula is C20H24N6O5S. The summed E-state index contributed by atoms with van der Waals surface area (Å²) in [6, 6.07) is 3.81. The molecule has 0 radical (unpaired) electrons. The zero-order valence-corrected chi connectivity index (χ0v) is 18.3. The molecule has 1 fully saturated rings. The third-order valence-electron chi connectivity index (χ3n) is 4.86. The lowest BCUT2D eigenvalue weighted by molar-refractivity contribution is -0.0342. The molecule has 4 heterocycles. The monoisotopic (exact) mass is 460 g/mol. The van der Waals surface area contributed by atoms with Crippen LogP contribution in [0.4, 0.5) is 5.95 Å². The van der Waals surface area contributed by atoms with Gasteiger partial charge < -0.3 is 31.1 Å². The molecule has 12 heteroatoms. The Morgan fingerprint density at radius 3 is 2.91 bits per heavy atom. The van der Waals surface area contributed by atoms with E-state index in [9.17, 15) is 20.1 Å². The van der Waals surface area contributed by atoms with Crippen LogP contribution in [0.5, 0.6) is 0 Å². The first kappa shape index (κ1) is 22.4. The van der Waals surface area contributed by atoms with Gasteiger partial charge in [0.1, 0.15) is 23.9 Å². The van der Waals surface area contributed by atoms with Crippen molar-refractivity contribution >= 4 is 28.4 Å². The maximum Gasteiger partial charge on any atom is 0.280 e. The van der Waals surface area contributed by atoms with Crippen molar-refractivity contribution in [2.45, 2.75) is 50.5 Å². The number of aliphatic hydroxyl groups excluding tert-OH is 2. The highest BCUT2D eigenvalue weighted by Gasteiger charge is 2.44. The minimum absolute atomic E-state index is 0.0623. The Labute approximate surface area is 186 Å². The summed E-state index contributed by atoms with van der Waals surface area (Å²) in [5, 5.41) is 33.9. The smallest absolute Gasteiger partial charge is 0.280 e. The van der Waals surface area contributed by atoms with Gasteiger partial charge >= 0.3 is 0 Å². The van der Waals surface area contributed by atoms with Gasteiger partial charge in [-0.15, -0.1) is 11.3 Å². The molecule has 4 atom stereocenters. The second-order valence-corrected chi connectivity index (χ2v) is 9.20. The lowest BCUT2D eigenvalue weighted by atomic mass is 10.1. The van der Waals surface area contributed by atoms with Crippen LogP contribution >= 0.6 is 11.3 Å². The highest BCUT2D eigenvalue weighted by molar-refractivity contribution is 7.12. The van der Waals surface area contributed by atoms with Crippen molar-refractivity contribution in [1.82, 2.24) is 24.8 Å². The van der Waals surface area contributed by atoms with E-state index in [0.29, 0.717) is 6.54 Å². The number of imidazole rings is 1. The molecule has 4 rings (SSSR count). The topological polar surface area (TPSA) is 172 Å². The van der Waals surface area contributed by atoms with Gasteiger partial charge in [0.2, 0.25) is 5.95 Å². The number of thiophene rings is 1. The molecule has 1 saturated heterocycles. The Morgan fingerprint density at radius 1 is 1.38 bits per heavy atom. The molecule has 1 aliphatic rings. The number of hydrogen-bond donors (Lipinski definition) is 6. The largest absolute Gasteiger partial charge is 0.387 e. The van der Waals surface area contributed by atoms with Gasteiger partial charge in [-0.3, -0.25) is 14.3 Å². The summed E-state index contributed by atoms with van der Waals surface area (Å²) in [5.74, 6) is 5.63. The molecule has 3 aromatic heterocycles. The van der Waals surface area contributed by atoms with Crippen LogP contribution in [0.1, 0.15) is 29.8 Å². The molecule has 32 heavy (non-hydrogen) atoms. The normalized spacial score (nSPS) is 23.4. The van der Waals surface area contributed by atoms with E-state index >= 15 is 0 Å². The molecule has 11 nitrogen and oxygen atoms in total.